The normalized spacial score (nSPS) is 13.1. The molecule has 0 aliphatic rings. The van der Waals surface area contributed by atoms with E-state index in [2.05, 4.69) is 10.00 Å². The summed E-state index contributed by atoms with van der Waals surface area (Å²) in [7, 11) is 3.79. The predicted molar refractivity (Wildman–Crippen MR) is 70.7 cm³/mol. The van der Waals surface area contributed by atoms with Gasteiger partial charge in [-0.15, -0.1) is 0 Å². The second kappa shape index (κ2) is 5.12. The van der Waals surface area contributed by atoms with E-state index in [1.165, 1.54) is 0 Å². The van der Waals surface area contributed by atoms with E-state index in [0.717, 1.165) is 11.3 Å². The van der Waals surface area contributed by atoms with Gasteiger partial charge in [-0.25, -0.2) is 0 Å². The van der Waals surface area contributed by atoms with Gasteiger partial charge in [0, 0.05) is 19.2 Å². The lowest BCUT2D eigenvalue weighted by molar-refractivity contribution is 0.303. The van der Waals surface area contributed by atoms with Crippen LogP contribution in [0.25, 0.3) is 0 Å². The molecule has 1 aromatic heterocycles. The van der Waals surface area contributed by atoms with Gasteiger partial charge in [-0.1, -0.05) is 23.8 Å². The lowest BCUT2D eigenvalue weighted by atomic mass is 10.2. The zero-order valence-corrected chi connectivity index (χ0v) is 11.6. The molecule has 4 nitrogen and oxygen atoms in total. The van der Waals surface area contributed by atoms with Gasteiger partial charge < -0.3 is 5.73 Å². The fourth-order valence-electron chi connectivity index (χ4n) is 1.46. The number of hydrogen-bond donors (Lipinski definition) is 1. The average Bonchev–Trinajstić information content (AvgIpc) is 2.43. The average molecular weight is 261 g/mol. The van der Waals surface area contributed by atoms with Crippen LogP contribution in [-0.2, 0) is 13.6 Å². The maximum Gasteiger partial charge on any atom is 0.131 e. The molecule has 1 heterocycles. The van der Waals surface area contributed by atoms with Crippen molar-refractivity contribution in [2.24, 2.45) is 12.8 Å². The maximum atomic E-state index is 6.15. The van der Waals surface area contributed by atoms with Gasteiger partial charge in [-0.3, -0.25) is 9.58 Å². The number of aromatic nitrogens is 2. The van der Waals surface area contributed by atoms with Crippen molar-refractivity contribution >= 4 is 28.8 Å². The standard InChI is InChI=1S/C10H17ClN4S/c1-6-8(9(11)15(4)13-6)5-14(3)7(2)10(12)16/h7H,5H2,1-4H3,(H2,12,16). The van der Waals surface area contributed by atoms with Crippen molar-refractivity contribution in [3.8, 4) is 0 Å². The summed E-state index contributed by atoms with van der Waals surface area (Å²) in [5.41, 5.74) is 7.57. The third kappa shape index (κ3) is 2.72. The first-order valence-corrected chi connectivity index (χ1v) is 5.80. The Morgan fingerprint density at radius 3 is 2.62 bits per heavy atom. The van der Waals surface area contributed by atoms with Gasteiger partial charge in [-0.2, -0.15) is 5.10 Å². The molecule has 0 saturated carbocycles. The summed E-state index contributed by atoms with van der Waals surface area (Å²) in [5, 5.41) is 4.93. The minimum atomic E-state index is 0.0469. The quantitative estimate of drug-likeness (QED) is 0.834. The van der Waals surface area contributed by atoms with Crippen molar-refractivity contribution in [3.05, 3.63) is 16.4 Å². The van der Waals surface area contributed by atoms with Crippen LogP contribution in [0, 0.1) is 6.92 Å². The summed E-state index contributed by atoms with van der Waals surface area (Å²) in [4.78, 5) is 2.54. The second-order valence-electron chi connectivity index (χ2n) is 3.97. The molecule has 0 aromatic carbocycles. The molecule has 6 heteroatoms. The molecule has 0 aliphatic carbocycles. The molecule has 0 saturated heterocycles. The molecule has 16 heavy (non-hydrogen) atoms. The Kier molecular flexibility index (Phi) is 4.29. The summed E-state index contributed by atoms with van der Waals surface area (Å²) in [6, 6.07) is 0.0469. The third-order valence-electron chi connectivity index (χ3n) is 2.75. The van der Waals surface area contributed by atoms with Crippen molar-refractivity contribution in [2.45, 2.75) is 26.4 Å². The number of hydrogen-bond acceptors (Lipinski definition) is 3. The van der Waals surface area contributed by atoms with E-state index in [1.54, 1.807) is 4.68 Å². The van der Waals surface area contributed by atoms with Crippen LogP contribution in [0.4, 0.5) is 0 Å². The van der Waals surface area contributed by atoms with E-state index in [0.29, 0.717) is 16.7 Å². The Morgan fingerprint density at radius 2 is 2.25 bits per heavy atom. The summed E-state index contributed by atoms with van der Waals surface area (Å²) in [5.74, 6) is 0. The summed E-state index contributed by atoms with van der Waals surface area (Å²) >= 11 is 11.1. The minimum Gasteiger partial charge on any atom is -0.392 e. The lowest BCUT2D eigenvalue weighted by Crippen LogP contribution is -2.38. The molecule has 90 valence electrons. The summed E-state index contributed by atoms with van der Waals surface area (Å²) in [6.07, 6.45) is 0. The molecular weight excluding hydrogens is 244 g/mol. The molecule has 0 aliphatic heterocycles. The Labute approximate surface area is 106 Å². The minimum absolute atomic E-state index is 0.0469. The molecule has 1 rings (SSSR count). The van der Waals surface area contributed by atoms with Crippen LogP contribution in [0.1, 0.15) is 18.2 Å². The first-order valence-electron chi connectivity index (χ1n) is 5.02. The summed E-state index contributed by atoms with van der Waals surface area (Å²) in [6.45, 7) is 4.61. The molecule has 1 atom stereocenters. The molecule has 0 bridgehead atoms. The van der Waals surface area contributed by atoms with Crippen molar-refractivity contribution < 1.29 is 0 Å². The number of nitrogens with two attached hydrogens (primary N) is 1. The number of halogens is 1. The van der Waals surface area contributed by atoms with Crippen LogP contribution in [0.2, 0.25) is 5.15 Å². The topological polar surface area (TPSA) is 47.1 Å². The molecule has 0 amide bonds. The maximum absolute atomic E-state index is 6.15. The smallest absolute Gasteiger partial charge is 0.131 e. The van der Waals surface area contributed by atoms with Gasteiger partial charge in [0.2, 0.25) is 0 Å². The van der Waals surface area contributed by atoms with E-state index in [9.17, 15) is 0 Å². The van der Waals surface area contributed by atoms with Crippen molar-refractivity contribution in [2.75, 3.05) is 7.05 Å². The molecule has 1 unspecified atom stereocenters. The molecule has 2 N–H and O–H groups in total. The van der Waals surface area contributed by atoms with Crippen LogP contribution in [0.3, 0.4) is 0 Å². The highest BCUT2D eigenvalue weighted by molar-refractivity contribution is 7.80. The number of likely N-dealkylation sites (N-methyl/N-ethyl adjacent to an activating group) is 1. The lowest BCUT2D eigenvalue weighted by Gasteiger charge is -2.23. The molecule has 0 fully saturated rings. The SMILES string of the molecule is Cc1nn(C)c(Cl)c1CN(C)C(C)C(N)=S. The monoisotopic (exact) mass is 260 g/mol. The van der Waals surface area contributed by atoms with Gasteiger partial charge in [0.1, 0.15) is 5.15 Å². The highest BCUT2D eigenvalue weighted by Gasteiger charge is 2.17. The molecule has 1 aromatic rings. The zero-order chi connectivity index (χ0) is 12.5. The van der Waals surface area contributed by atoms with Crippen LogP contribution in [0.15, 0.2) is 0 Å². The fraction of sp³-hybridized carbons (Fsp3) is 0.600. The zero-order valence-electron chi connectivity index (χ0n) is 9.99. The third-order valence-corrected chi connectivity index (χ3v) is 3.56. The molecular formula is C10H17ClN4S. The van der Waals surface area contributed by atoms with Crippen molar-refractivity contribution in [1.29, 1.82) is 0 Å². The van der Waals surface area contributed by atoms with E-state index < -0.39 is 0 Å². The van der Waals surface area contributed by atoms with Gasteiger partial charge in [0.05, 0.1) is 16.7 Å². The molecule has 0 spiro atoms. The highest BCUT2D eigenvalue weighted by atomic mass is 35.5. The fourth-order valence-corrected chi connectivity index (χ4v) is 1.87. The predicted octanol–water partition coefficient (Wildman–Crippen LogP) is 1.49. The first-order chi connectivity index (χ1) is 7.34. The van der Waals surface area contributed by atoms with Crippen LogP contribution in [0.5, 0.6) is 0 Å². The van der Waals surface area contributed by atoms with E-state index in [-0.39, 0.29) is 6.04 Å². The van der Waals surface area contributed by atoms with Crippen LogP contribution < -0.4 is 5.73 Å². The van der Waals surface area contributed by atoms with Crippen LogP contribution >= 0.6 is 23.8 Å². The first kappa shape index (κ1) is 13.4. The van der Waals surface area contributed by atoms with Gasteiger partial charge in [-0.05, 0) is 20.9 Å². The largest absolute Gasteiger partial charge is 0.392 e. The highest BCUT2D eigenvalue weighted by Crippen LogP contribution is 2.20. The van der Waals surface area contributed by atoms with Gasteiger partial charge in [0.15, 0.2) is 0 Å². The Bertz CT molecular complexity index is 402. The van der Waals surface area contributed by atoms with Crippen molar-refractivity contribution in [1.82, 2.24) is 14.7 Å². The Balaban J connectivity index is 2.84. The van der Waals surface area contributed by atoms with E-state index >= 15 is 0 Å². The Hall–Kier alpha value is -0.650. The van der Waals surface area contributed by atoms with E-state index in [4.69, 9.17) is 29.6 Å². The number of nitrogens with zero attached hydrogens (tertiary/aromatic N) is 3. The number of rotatable bonds is 4. The van der Waals surface area contributed by atoms with Crippen molar-refractivity contribution in [3.63, 3.8) is 0 Å². The van der Waals surface area contributed by atoms with E-state index in [1.807, 2.05) is 27.9 Å². The summed E-state index contributed by atoms with van der Waals surface area (Å²) < 4.78 is 1.67. The van der Waals surface area contributed by atoms with Gasteiger partial charge in [0.25, 0.3) is 0 Å². The number of thiocarbonyl (C=S) groups is 1. The number of aryl methyl sites for hydroxylation is 2. The second-order valence-corrected chi connectivity index (χ2v) is 4.80. The Morgan fingerprint density at radius 1 is 1.69 bits per heavy atom. The van der Waals surface area contributed by atoms with Crippen LogP contribution in [-0.4, -0.2) is 32.8 Å². The molecule has 0 radical (unpaired) electrons. The van der Waals surface area contributed by atoms with Gasteiger partial charge >= 0.3 is 0 Å².